The van der Waals surface area contributed by atoms with E-state index < -0.39 is 42.1 Å². The lowest BCUT2D eigenvalue weighted by molar-refractivity contribution is -0.205. The zero-order valence-electron chi connectivity index (χ0n) is 15.4. The highest BCUT2D eigenvalue weighted by Gasteiger charge is 2.54. The molecule has 2 fully saturated rings. The van der Waals surface area contributed by atoms with Crippen molar-refractivity contribution < 1.29 is 34.0 Å². The highest BCUT2D eigenvalue weighted by atomic mass is 16.6. The van der Waals surface area contributed by atoms with Crippen LogP contribution >= 0.6 is 0 Å². The first-order chi connectivity index (χ1) is 12.1. The number of hydrogen-bond donors (Lipinski definition) is 2. The van der Waals surface area contributed by atoms with Crippen LogP contribution in [0.15, 0.2) is 23.8 Å². The van der Waals surface area contributed by atoms with Crippen molar-refractivity contribution in [1.29, 1.82) is 0 Å². The minimum Gasteiger partial charge on any atom is -0.461 e. The van der Waals surface area contributed by atoms with E-state index in [9.17, 15) is 19.8 Å². The summed E-state index contributed by atoms with van der Waals surface area (Å²) in [5, 5.41) is 20.6. The number of carbonyl (C=O) groups excluding carboxylic acids is 2. The Hall–Kier alpha value is -1.70. The minimum atomic E-state index is -1.62. The van der Waals surface area contributed by atoms with Gasteiger partial charge in [-0.3, -0.25) is 4.79 Å². The lowest BCUT2D eigenvalue weighted by Crippen LogP contribution is -2.41. The molecule has 2 N–H and O–H groups in total. The predicted octanol–water partition coefficient (Wildman–Crippen LogP) is 1.23. The van der Waals surface area contributed by atoms with Gasteiger partial charge in [-0.05, 0) is 19.4 Å². The Morgan fingerprint density at radius 3 is 2.77 bits per heavy atom. The Kier molecular flexibility index (Phi) is 4.75. The molecule has 0 aliphatic carbocycles. The molecule has 0 aromatic heterocycles. The largest absolute Gasteiger partial charge is 0.461 e. The van der Waals surface area contributed by atoms with Crippen molar-refractivity contribution in [3.63, 3.8) is 0 Å². The van der Waals surface area contributed by atoms with Crippen LogP contribution in [0, 0.1) is 11.8 Å². The number of rotatable bonds is 3. The van der Waals surface area contributed by atoms with E-state index in [1.165, 1.54) is 6.08 Å². The number of esters is 2. The van der Waals surface area contributed by atoms with Gasteiger partial charge in [0, 0.05) is 24.0 Å². The van der Waals surface area contributed by atoms with E-state index in [2.05, 4.69) is 6.58 Å². The molecule has 3 rings (SSSR count). The Morgan fingerprint density at radius 2 is 2.15 bits per heavy atom. The molecule has 26 heavy (non-hydrogen) atoms. The fourth-order valence-corrected chi connectivity index (χ4v) is 3.95. The predicted molar refractivity (Wildman–Crippen MR) is 90.7 cm³/mol. The van der Waals surface area contributed by atoms with Crippen LogP contribution in [0.2, 0.25) is 0 Å². The van der Waals surface area contributed by atoms with E-state index in [1.54, 1.807) is 13.8 Å². The smallest absolute Gasteiger partial charge is 0.334 e. The number of aliphatic hydroxyl groups is 2. The molecule has 0 unspecified atom stereocenters. The van der Waals surface area contributed by atoms with Crippen LogP contribution < -0.4 is 0 Å². The normalized spacial score (nSPS) is 39.6. The van der Waals surface area contributed by atoms with Gasteiger partial charge in [0.2, 0.25) is 0 Å². The van der Waals surface area contributed by atoms with E-state index in [0.29, 0.717) is 12.8 Å². The van der Waals surface area contributed by atoms with Gasteiger partial charge in [-0.15, -0.1) is 0 Å². The Balaban J connectivity index is 2.05. The van der Waals surface area contributed by atoms with Gasteiger partial charge < -0.3 is 24.4 Å². The minimum absolute atomic E-state index is 0.221. The number of carbonyl (C=O) groups is 2. The lowest BCUT2D eigenvalue weighted by atomic mass is 9.81. The van der Waals surface area contributed by atoms with Gasteiger partial charge in [0.25, 0.3) is 0 Å². The van der Waals surface area contributed by atoms with Crippen molar-refractivity contribution in [1.82, 2.24) is 0 Å². The van der Waals surface area contributed by atoms with Crippen molar-refractivity contribution in [2.75, 3.05) is 6.61 Å². The van der Waals surface area contributed by atoms with Crippen LogP contribution in [0.5, 0.6) is 0 Å². The topological polar surface area (TPSA) is 102 Å². The highest BCUT2D eigenvalue weighted by molar-refractivity contribution is 5.91. The first kappa shape index (κ1) is 19.1. The monoisotopic (exact) mass is 366 g/mol. The van der Waals surface area contributed by atoms with Gasteiger partial charge in [0.15, 0.2) is 5.79 Å². The van der Waals surface area contributed by atoms with Crippen LogP contribution in [0.25, 0.3) is 0 Å². The average Bonchev–Trinajstić information content (AvgIpc) is 3.02. The van der Waals surface area contributed by atoms with Crippen molar-refractivity contribution in [3.05, 3.63) is 23.8 Å². The first-order valence-electron chi connectivity index (χ1n) is 8.93. The molecule has 0 spiro atoms. The number of aliphatic hydroxyl groups excluding tert-OH is 1. The molecular formula is C19H26O7. The molecule has 7 nitrogen and oxygen atoms in total. The standard InChI is InChI=1S/C19H26O7/c1-10(2)16(21)25-14-8-18(4)5-6-19(23,26-18)12(9-20)7-13-15(14)11(3)17(22)24-13/h7,10,13-15,20,23H,3,5-6,8-9H2,1-2,4H3/t13-,14+,15-,18+,19-/m0/s1. The summed E-state index contributed by atoms with van der Waals surface area (Å²) in [6.45, 7) is 8.68. The quantitative estimate of drug-likeness (QED) is 0.440. The maximum absolute atomic E-state index is 12.2. The van der Waals surface area contributed by atoms with E-state index in [4.69, 9.17) is 14.2 Å². The summed E-state index contributed by atoms with van der Waals surface area (Å²) in [5.74, 6) is -3.49. The van der Waals surface area contributed by atoms with Crippen molar-refractivity contribution in [3.8, 4) is 0 Å². The average molecular weight is 366 g/mol. The Bertz CT molecular complexity index is 667. The fraction of sp³-hybridized carbons (Fsp3) is 0.684. The van der Waals surface area contributed by atoms with Crippen LogP contribution in [0.1, 0.15) is 40.0 Å². The molecule has 7 heteroatoms. The van der Waals surface area contributed by atoms with Gasteiger partial charge in [-0.1, -0.05) is 20.4 Å². The highest BCUT2D eigenvalue weighted by Crippen LogP contribution is 2.47. The second kappa shape index (κ2) is 6.48. The van der Waals surface area contributed by atoms with Crippen molar-refractivity contribution in [2.24, 2.45) is 11.8 Å². The molecule has 0 amide bonds. The van der Waals surface area contributed by atoms with Crippen molar-refractivity contribution in [2.45, 2.75) is 63.6 Å². The summed E-state index contributed by atoms with van der Waals surface area (Å²) >= 11 is 0. The lowest BCUT2D eigenvalue weighted by Gasteiger charge is -2.33. The molecule has 2 saturated heterocycles. The van der Waals surface area contributed by atoms with E-state index >= 15 is 0 Å². The summed E-state index contributed by atoms with van der Waals surface area (Å²) in [6, 6.07) is 0. The molecule has 144 valence electrons. The summed E-state index contributed by atoms with van der Waals surface area (Å²) < 4.78 is 17.0. The number of hydrogen-bond acceptors (Lipinski definition) is 7. The van der Waals surface area contributed by atoms with Crippen LogP contribution in [0.4, 0.5) is 0 Å². The fourth-order valence-electron chi connectivity index (χ4n) is 3.95. The molecule has 0 saturated carbocycles. The Labute approximate surface area is 152 Å². The van der Waals surface area contributed by atoms with Crippen LogP contribution in [-0.4, -0.2) is 52.4 Å². The first-order valence-corrected chi connectivity index (χ1v) is 8.93. The second-order valence-electron chi connectivity index (χ2n) is 7.94. The maximum Gasteiger partial charge on any atom is 0.334 e. The molecule has 2 bridgehead atoms. The third kappa shape index (κ3) is 3.19. The molecule has 3 aliphatic rings. The molecular weight excluding hydrogens is 340 g/mol. The molecule has 5 atom stereocenters. The zero-order chi connectivity index (χ0) is 19.3. The van der Waals surface area contributed by atoms with Gasteiger partial charge in [0.1, 0.15) is 12.2 Å². The van der Waals surface area contributed by atoms with Crippen LogP contribution in [0.3, 0.4) is 0 Å². The third-order valence-electron chi connectivity index (χ3n) is 5.48. The number of fused-ring (bicyclic) bond motifs is 3. The van der Waals surface area contributed by atoms with Crippen LogP contribution in [-0.2, 0) is 23.8 Å². The SMILES string of the molecule is C=C1C(=O)O[C@H]2C=C(CO)[C@]3(O)CC[C@](C)(C[C@@H](OC(=O)C(C)C)[C@@H]12)O3. The molecule has 0 radical (unpaired) electrons. The molecule has 3 heterocycles. The Morgan fingerprint density at radius 1 is 1.46 bits per heavy atom. The summed E-state index contributed by atoms with van der Waals surface area (Å²) in [5.41, 5.74) is -0.306. The maximum atomic E-state index is 12.2. The second-order valence-corrected chi connectivity index (χ2v) is 7.94. The molecule has 0 aromatic rings. The van der Waals surface area contributed by atoms with Gasteiger partial charge in [0.05, 0.1) is 24.0 Å². The summed E-state index contributed by atoms with van der Waals surface area (Å²) in [6.07, 6.45) is 1.15. The zero-order valence-corrected chi connectivity index (χ0v) is 15.4. The third-order valence-corrected chi connectivity index (χ3v) is 5.48. The van der Waals surface area contributed by atoms with Crippen molar-refractivity contribution >= 4 is 11.9 Å². The molecule has 3 aliphatic heterocycles. The number of ether oxygens (including phenoxy) is 3. The van der Waals surface area contributed by atoms with E-state index in [0.717, 1.165) is 0 Å². The van der Waals surface area contributed by atoms with Gasteiger partial charge >= 0.3 is 11.9 Å². The molecule has 0 aromatic carbocycles. The van der Waals surface area contributed by atoms with Gasteiger partial charge in [-0.2, -0.15) is 0 Å². The summed E-state index contributed by atoms with van der Waals surface area (Å²) in [4.78, 5) is 24.3. The van der Waals surface area contributed by atoms with E-state index in [-0.39, 0.29) is 29.5 Å². The summed E-state index contributed by atoms with van der Waals surface area (Å²) in [7, 11) is 0. The van der Waals surface area contributed by atoms with E-state index in [1.807, 2.05) is 6.92 Å². The van der Waals surface area contributed by atoms with Gasteiger partial charge in [-0.25, -0.2) is 4.79 Å².